The summed E-state index contributed by atoms with van der Waals surface area (Å²) in [6.07, 6.45) is 1.63. The highest BCUT2D eigenvalue weighted by Crippen LogP contribution is 2.32. The van der Waals surface area contributed by atoms with E-state index in [9.17, 15) is 5.11 Å². The number of aliphatic hydroxyl groups is 1. The second-order valence-electron chi connectivity index (χ2n) is 4.10. The number of hydrogen-bond donors (Lipinski definition) is 2. The Hall–Kier alpha value is -0.570. The van der Waals surface area contributed by atoms with E-state index in [0.717, 1.165) is 31.5 Å². The molecule has 2 nitrogen and oxygen atoms in total. The van der Waals surface area contributed by atoms with Crippen LogP contribution in [0.3, 0.4) is 0 Å². The molecule has 0 saturated carbocycles. The highest BCUT2D eigenvalue weighted by atomic mass is 35.5. The summed E-state index contributed by atoms with van der Waals surface area (Å²) in [6, 6.07) is 8.13. The van der Waals surface area contributed by atoms with Gasteiger partial charge in [-0.15, -0.1) is 12.4 Å². The molecule has 2 rings (SSSR count). The maximum Gasteiger partial charge on any atom is 0.0923 e. The van der Waals surface area contributed by atoms with E-state index >= 15 is 0 Å². The Bertz CT molecular complexity index is 321. The standard InChI is InChI=1S/C12H17NO.ClH/c1-10-4-2-3-5-11(10)12(14)6-8-13-9-7-12;/h2-5,13-14H,6-9H2,1H3;1H. The summed E-state index contributed by atoms with van der Waals surface area (Å²) in [7, 11) is 0. The van der Waals surface area contributed by atoms with Gasteiger partial charge in [0.25, 0.3) is 0 Å². The Morgan fingerprint density at radius 3 is 2.40 bits per heavy atom. The molecule has 1 saturated heterocycles. The van der Waals surface area contributed by atoms with Gasteiger partial charge in [0.15, 0.2) is 0 Å². The zero-order valence-corrected chi connectivity index (χ0v) is 9.81. The number of aryl methyl sites for hydroxylation is 1. The maximum atomic E-state index is 10.5. The molecule has 0 amide bonds. The molecule has 1 aromatic carbocycles. The molecule has 0 aromatic heterocycles. The van der Waals surface area contributed by atoms with Crippen LogP contribution in [0.5, 0.6) is 0 Å². The topological polar surface area (TPSA) is 32.3 Å². The summed E-state index contributed by atoms with van der Waals surface area (Å²) < 4.78 is 0. The van der Waals surface area contributed by atoms with Crippen LogP contribution in [-0.2, 0) is 5.60 Å². The second kappa shape index (κ2) is 4.97. The van der Waals surface area contributed by atoms with Crippen LogP contribution in [0, 0.1) is 6.92 Å². The van der Waals surface area contributed by atoms with Crippen LogP contribution in [0.15, 0.2) is 24.3 Å². The second-order valence-corrected chi connectivity index (χ2v) is 4.10. The van der Waals surface area contributed by atoms with Gasteiger partial charge in [0.05, 0.1) is 5.60 Å². The lowest BCUT2D eigenvalue weighted by molar-refractivity contribution is 0.00539. The fourth-order valence-corrected chi connectivity index (χ4v) is 2.20. The van der Waals surface area contributed by atoms with Crippen LogP contribution < -0.4 is 5.32 Å². The van der Waals surface area contributed by atoms with Gasteiger partial charge in [-0.1, -0.05) is 24.3 Å². The number of benzene rings is 1. The van der Waals surface area contributed by atoms with E-state index in [2.05, 4.69) is 18.3 Å². The van der Waals surface area contributed by atoms with Gasteiger partial charge in [0.1, 0.15) is 0 Å². The number of nitrogens with one attached hydrogen (secondary N) is 1. The molecule has 0 atom stereocenters. The van der Waals surface area contributed by atoms with Crippen molar-refractivity contribution in [3.05, 3.63) is 35.4 Å². The first-order chi connectivity index (χ1) is 6.72. The van der Waals surface area contributed by atoms with Crippen molar-refractivity contribution in [2.45, 2.75) is 25.4 Å². The Morgan fingerprint density at radius 1 is 1.20 bits per heavy atom. The van der Waals surface area contributed by atoms with Crippen LogP contribution >= 0.6 is 12.4 Å². The molecule has 1 aliphatic rings. The molecule has 1 aliphatic heterocycles. The predicted octanol–water partition coefficient (Wildman–Crippen LogP) is 1.99. The summed E-state index contributed by atoms with van der Waals surface area (Å²) in [5, 5.41) is 13.8. The molecule has 1 aromatic rings. The number of piperidine rings is 1. The third kappa shape index (κ3) is 2.51. The van der Waals surface area contributed by atoms with Gasteiger partial charge in [-0.05, 0) is 44.0 Å². The molecule has 3 heteroatoms. The predicted molar refractivity (Wildman–Crippen MR) is 64.4 cm³/mol. The first kappa shape index (κ1) is 12.5. The molecular formula is C12H18ClNO. The highest BCUT2D eigenvalue weighted by Gasteiger charge is 2.31. The summed E-state index contributed by atoms with van der Waals surface area (Å²) >= 11 is 0. The smallest absolute Gasteiger partial charge is 0.0923 e. The van der Waals surface area contributed by atoms with Gasteiger partial charge in [0.2, 0.25) is 0 Å². The van der Waals surface area contributed by atoms with Crippen LogP contribution in [0.2, 0.25) is 0 Å². The van der Waals surface area contributed by atoms with Gasteiger partial charge in [-0.3, -0.25) is 0 Å². The number of rotatable bonds is 1. The lowest BCUT2D eigenvalue weighted by atomic mass is 9.83. The van der Waals surface area contributed by atoms with E-state index in [0.29, 0.717) is 0 Å². The third-order valence-corrected chi connectivity index (χ3v) is 3.08. The minimum atomic E-state index is -0.601. The molecule has 2 N–H and O–H groups in total. The first-order valence-electron chi connectivity index (χ1n) is 5.22. The van der Waals surface area contributed by atoms with Crippen molar-refractivity contribution in [1.29, 1.82) is 0 Å². The van der Waals surface area contributed by atoms with E-state index < -0.39 is 5.60 Å². The molecule has 0 bridgehead atoms. The van der Waals surface area contributed by atoms with Crippen molar-refractivity contribution >= 4 is 12.4 Å². The van der Waals surface area contributed by atoms with E-state index in [1.807, 2.05) is 18.2 Å². The van der Waals surface area contributed by atoms with E-state index in [1.54, 1.807) is 0 Å². The third-order valence-electron chi connectivity index (χ3n) is 3.08. The minimum Gasteiger partial charge on any atom is -0.385 e. The fourth-order valence-electron chi connectivity index (χ4n) is 2.20. The van der Waals surface area contributed by atoms with Gasteiger partial charge in [-0.2, -0.15) is 0 Å². The highest BCUT2D eigenvalue weighted by molar-refractivity contribution is 5.85. The van der Waals surface area contributed by atoms with Crippen molar-refractivity contribution in [1.82, 2.24) is 5.32 Å². The molecule has 1 fully saturated rings. The number of halogens is 1. The van der Waals surface area contributed by atoms with Crippen molar-refractivity contribution in [2.75, 3.05) is 13.1 Å². The zero-order chi connectivity index (χ0) is 10.0. The quantitative estimate of drug-likeness (QED) is 0.769. The van der Waals surface area contributed by atoms with Gasteiger partial charge >= 0.3 is 0 Å². The Morgan fingerprint density at radius 2 is 1.80 bits per heavy atom. The van der Waals surface area contributed by atoms with E-state index in [-0.39, 0.29) is 12.4 Å². The Labute approximate surface area is 97.1 Å². The van der Waals surface area contributed by atoms with E-state index in [4.69, 9.17) is 0 Å². The molecule has 15 heavy (non-hydrogen) atoms. The summed E-state index contributed by atoms with van der Waals surface area (Å²) in [6.45, 7) is 3.88. The normalized spacial score (nSPS) is 19.3. The van der Waals surface area contributed by atoms with Crippen LogP contribution in [-0.4, -0.2) is 18.2 Å². The SMILES string of the molecule is Cc1ccccc1C1(O)CCNCC1.Cl. The maximum absolute atomic E-state index is 10.5. The molecule has 1 heterocycles. The van der Waals surface area contributed by atoms with Crippen LogP contribution in [0.4, 0.5) is 0 Å². The lowest BCUT2D eigenvalue weighted by Gasteiger charge is -2.34. The molecule has 84 valence electrons. The summed E-state index contributed by atoms with van der Waals surface area (Å²) in [5.74, 6) is 0. The van der Waals surface area contributed by atoms with Crippen molar-refractivity contribution in [2.24, 2.45) is 0 Å². The molecule has 0 aliphatic carbocycles. The summed E-state index contributed by atoms with van der Waals surface area (Å²) in [4.78, 5) is 0. The first-order valence-corrected chi connectivity index (χ1v) is 5.22. The monoisotopic (exact) mass is 227 g/mol. The van der Waals surface area contributed by atoms with Crippen molar-refractivity contribution in [3.63, 3.8) is 0 Å². The zero-order valence-electron chi connectivity index (χ0n) is 8.99. The Kier molecular flexibility index (Phi) is 4.14. The molecule has 0 unspecified atom stereocenters. The molecular weight excluding hydrogens is 210 g/mol. The average molecular weight is 228 g/mol. The van der Waals surface area contributed by atoms with Gasteiger partial charge in [-0.25, -0.2) is 0 Å². The molecule has 0 spiro atoms. The average Bonchev–Trinajstić information content (AvgIpc) is 2.19. The van der Waals surface area contributed by atoms with Crippen molar-refractivity contribution in [3.8, 4) is 0 Å². The molecule has 0 radical (unpaired) electrons. The lowest BCUT2D eigenvalue weighted by Crippen LogP contribution is -2.40. The minimum absolute atomic E-state index is 0. The number of hydrogen-bond acceptors (Lipinski definition) is 2. The summed E-state index contributed by atoms with van der Waals surface area (Å²) in [5.41, 5.74) is 1.69. The fraction of sp³-hybridized carbons (Fsp3) is 0.500. The van der Waals surface area contributed by atoms with E-state index in [1.165, 1.54) is 5.56 Å². The Balaban J connectivity index is 0.00000112. The largest absolute Gasteiger partial charge is 0.385 e. The van der Waals surface area contributed by atoms with Crippen LogP contribution in [0.25, 0.3) is 0 Å². The van der Waals surface area contributed by atoms with Gasteiger partial charge in [0, 0.05) is 0 Å². The van der Waals surface area contributed by atoms with Crippen molar-refractivity contribution < 1.29 is 5.11 Å². The van der Waals surface area contributed by atoms with Crippen LogP contribution in [0.1, 0.15) is 24.0 Å². The van der Waals surface area contributed by atoms with Gasteiger partial charge < -0.3 is 10.4 Å².